The largest absolute Gasteiger partial charge is 0.481 e. The number of rotatable bonds is 21. The molecule has 5 N–H and O–H groups in total. The third-order valence-electron chi connectivity index (χ3n) is 6.06. The molecule has 0 aliphatic rings. The maximum atomic E-state index is 11.9. The first-order chi connectivity index (χ1) is 14.3. The molecular formula is C24H48O6. The van der Waals surface area contributed by atoms with E-state index in [4.69, 9.17) is 10.2 Å². The lowest BCUT2D eigenvalue weighted by Crippen LogP contribution is -2.39. The summed E-state index contributed by atoms with van der Waals surface area (Å²) >= 11 is 0. The minimum atomic E-state index is -1.32. The molecule has 0 spiro atoms. The van der Waals surface area contributed by atoms with Gasteiger partial charge in [-0.3, -0.25) is 4.79 Å². The van der Waals surface area contributed by atoms with Crippen molar-refractivity contribution >= 4 is 5.97 Å². The third kappa shape index (κ3) is 14.3. The van der Waals surface area contributed by atoms with Crippen LogP contribution in [0.3, 0.4) is 0 Å². The Hall–Kier alpha value is -0.690. The van der Waals surface area contributed by atoms with Gasteiger partial charge in [-0.25, -0.2) is 0 Å². The second kappa shape index (κ2) is 17.9. The van der Waals surface area contributed by atoms with E-state index in [1.54, 1.807) is 0 Å². The van der Waals surface area contributed by atoms with Crippen LogP contribution in [0.25, 0.3) is 0 Å². The smallest absolute Gasteiger partial charge is 0.309 e. The van der Waals surface area contributed by atoms with Crippen LogP contribution in [0.15, 0.2) is 0 Å². The second-order valence-corrected chi connectivity index (χ2v) is 9.49. The number of hydrogen-bond acceptors (Lipinski definition) is 5. The van der Waals surface area contributed by atoms with Crippen LogP contribution in [0, 0.1) is 11.3 Å². The van der Waals surface area contributed by atoms with Gasteiger partial charge < -0.3 is 25.5 Å². The Kier molecular flexibility index (Phi) is 17.5. The van der Waals surface area contributed by atoms with Crippen LogP contribution in [0.1, 0.15) is 110 Å². The monoisotopic (exact) mass is 432 g/mol. The van der Waals surface area contributed by atoms with Crippen molar-refractivity contribution in [2.45, 2.75) is 122 Å². The van der Waals surface area contributed by atoms with Gasteiger partial charge in [-0.1, -0.05) is 90.9 Å². The molecule has 6 nitrogen and oxygen atoms in total. The lowest BCUT2D eigenvalue weighted by atomic mass is 9.73. The van der Waals surface area contributed by atoms with Crippen LogP contribution in [-0.4, -0.2) is 56.9 Å². The predicted molar refractivity (Wildman–Crippen MR) is 120 cm³/mol. The molecule has 2 unspecified atom stereocenters. The van der Waals surface area contributed by atoms with E-state index < -0.39 is 36.8 Å². The Morgan fingerprint density at radius 1 is 0.700 bits per heavy atom. The van der Waals surface area contributed by atoms with Crippen LogP contribution in [0.4, 0.5) is 0 Å². The molecule has 2 atom stereocenters. The zero-order valence-electron chi connectivity index (χ0n) is 19.4. The summed E-state index contributed by atoms with van der Waals surface area (Å²) in [7, 11) is 0. The quantitative estimate of drug-likeness (QED) is 0.173. The Balaban J connectivity index is 4.04. The van der Waals surface area contributed by atoms with Crippen LogP contribution in [-0.2, 0) is 4.79 Å². The third-order valence-corrected chi connectivity index (χ3v) is 6.06. The van der Waals surface area contributed by atoms with Gasteiger partial charge in [-0.15, -0.1) is 0 Å². The van der Waals surface area contributed by atoms with Crippen molar-refractivity contribution in [3.63, 3.8) is 0 Å². The van der Waals surface area contributed by atoms with Gasteiger partial charge in [0.15, 0.2) is 0 Å². The SMILES string of the molecule is CC(C)CCCCCCCCCCCCCC(CC(O)CO)(CC(O)CO)C(=O)O. The highest BCUT2D eigenvalue weighted by atomic mass is 16.4. The molecule has 0 fully saturated rings. The molecule has 0 saturated carbocycles. The molecule has 0 aromatic carbocycles. The van der Waals surface area contributed by atoms with Crippen LogP contribution in [0.5, 0.6) is 0 Å². The molecule has 180 valence electrons. The predicted octanol–water partition coefficient (Wildman–Crippen LogP) is 4.27. The molecule has 0 rings (SSSR count). The van der Waals surface area contributed by atoms with E-state index in [1.165, 1.54) is 51.4 Å². The summed E-state index contributed by atoms with van der Waals surface area (Å²) in [4.78, 5) is 11.9. The summed E-state index contributed by atoms with van der Waals surface area (Å²) in [5.74, 6) is -0.277. The number of aliphatic hydroxyl groups excluding tert-OH is 4. The van der Waals surface area contributed by atoms with Crippen molar-refractivity contribution in [2.75, 3.05) is 13.2 Å². The summed E-state index contributed by atoms with van der Waals surface area (Å²) in [6.45, 7) is 3.53. The molecule has 30 heavy (non-hydrogen) atoms. The van der Waals surface area contributed by atoms with Crippen molar-refractivity contribution in [3.8, 4) is 0 Å². The first-order valence-corrected chi connectivity index (χ1v) is 12.1. The van der Waals surface area contributed by atoms with Gasteiger partial charge in [0.2, 0.25) is 0 Å². The average molecular weight is 433 g/mol. The minimum Gasteiger partial charge on any atom is -0.481 e. The highest BCUT2D eigenvalue weighted by molar-refractivity contribution is 5.74. The summed E-state index contributed by atoms with van der Waals surface area (Å²) in [5.41, 5.74) is -1.32. The summed E-state index contributed by atoms with van der Waals surface area (Å²) in [6, 6.07) is 0. The van der Waals surface area contributed by atoms with E-state index in [0.29, 0.717) is 12.8 Å². The van der Waals surface area contributed by atoms with Gasteiger partial charge in [0.1, 0.15) is 0 Å². The normalized spacial score (nSPS) is 15.8. The number of unbranched alkanes of at least 4 members (excludes halogenated alkanes) is 10. The number of aliphatic hydroxyl groups is 4. The van der Waals surface area contributed by atoms with Crippen LogP contribution >= 0.6 is 0 Å². The summed E-state index contributed by atoms with van der Waals surface area (Å²) < 4.78 is 0. The molecule has 0 bridgehead atoms. The van der Waals surface area contributed by atoms with E-state index in [0.717, 1.165) is 25.2 Å². The van der Waals surface area contributed by atoms with Crippen LogP contribution < -0.4 is 0 Å². The van der Waals surface area contributed by atoms with Crippen molar-refractivity contribution in [1.82, 2.24) is 0 Å². The van der Waals surface area contributed by atoms with E-state index in [-0.39, 0.29) is 12.8 Å². The van der Waals surface area contributed by atoms with Gasteiger partial charge in [-0.2, -0.15) is 0 Å². The van der Waals surface area contributed by atoms with Gasteiger partial charge in [0.05, 0.1) is 30.8 Å². The van der Waals surface area contributed by atoms with Gasteiger partial charge >= 0.3 is 5.97 Å². The molecule has 0 aromatic rings. The Labute approximate surface area is 183 Å². The second-order valence-electron chi connectivity index (χ2n) is 9.49. The standard InChI is InChI=1S/C24H48O6/c1-20(2)14-12-10-8-6-4-3-5-7-9-11-13-15-24(23(29)30,16-21(27)18-25)17-22(28)19-26/h20-22,25-28H,3-19H2,1-2H3,(H,29,30). The highest BCUT2D eigenvalue weighted by Crippen LogP contribution is 2.36. The maximum Gasteiger partial charge on any atom is 0.309 e. The first kappa shape index (κ1) is 29.3. The minimum absolute atomic E-state index is 0.118. The number of carboxylic acid groups (broad SMARTS) is 1. The van der Waals surface area contributed by atoms with Crippen molar-refractivity contribution < 1.29 is 30.3 Å². The number of carbonyl (C=O) groups is 1. The lowest BCUT2D eigenvalue weighted by Gasteiger charge is -2.32. The number of hydrogen-bond donors (Lipinski definition) is 5. The molecule has 0 heterocycles. The molecule has 0 amide bonds. The van der Waals surface area contributed by atoms with Crippen molar-refractivity contribution in [1.29, 1.82) is 0 Å². The first-order valence-electron chi connectivity index (χ1n) is 12.1. The molecular weight excluding hydrogens is 384 g/mol. The average Bonchev–Trinajstić information content (AvgIpc) is 2.70. The topological polar surface area (TPSA) is 118 Å². The van der Waals surface area contributed by atoms with Gasteiger partial charge in [-0.05, 0) is 25.2 Å². The molecule has 0 saturated heterocycles. The Morgan fingerprint density at radius 3 is 1.40 bits per heavy atom. The molecule has 0 aliphatic heterocycles. The van der Waals surface area contributed by atoms with Gasteiger partial charge in [0, 0.05) is 0 Å². The summed E-state index contributed by atoms with van der Waals surface area (Å²) in [5, 5.41) is 47.5. The summed E-state index contributed by atoms with van der Waals surface area (Å²) in [6.07, 6.45) is 12.1. The van der Waals surface area contributed by atoms with Gasteiger partial charge in [0.25, 0.3) is 0 Å². The zero-order chi connectivity index (χ0) is 22.8. The fourth-order valence-corrected chi connectivity index (χ4v) is 4.21. The van der Waals surface area contributed by atoms with Crippen molar-refractivity contribution in [2.24, 2.45) is 11.3 Å². The zero-order valence-corrected chi connectivity index (χ0v) is 19.4. The van der Waals surface area contributed by atoms with Crippen molar-refractivity contribution in [3.05, 3.63) is 0 Å². The molecule has 6 heteroatoms. The molecule has 0 aromatic heterocycles. The van der Waals surface area contributed by atoms with E-state index in [9.17, 15) is 20.1 Å². The number of carboxylic acids is 1. The fourth-order valence-electron chi connectivity index (χ4n) is 4.21. The van der Waals surface area contributed by atoms with E-state index >= 15 is 0 Å². The molecule has 0 aliphatic carbocycles. The molecule has 0 radical (unpaired) electrons. The van der Waals surface area contributed by atoms with Crippen LogP contribution in [0.2, 0.25) is 0 Å². The number of aliphatic carboxylic acids is 1. The maximum absolute atomic E-state index is 11.9. The fraction of sp³-hybridized carbons (Fsp3) is 0.958. The highest BCUT2D eigenvalue weighted by Gasteiger charge is 2.41. The van der Waals surface area contributed by atoms with E-state index in [1.807, 2.05) is 0 Å². The lowest BCUT2D eigenvalue weighted by molar-refractivity contribution is -0.155. The Bertz CT molecular complexity index is 401. The Morgan fingerprint density at radius 2 is 1.07 bits per heavy atom. The van der Waals surface area contributed by atoms with E-state index in [2.05, 4.69) is 13.8 Å².